The van der Waals surface area contributed by atoms with E-state index in [9.17, 15) is 4.79 Å². The molecule has 0 unspecified atom stereocenters. The Morgan fingerprint density at radius 2 is 2.03 bits per heavy atom. The molecule has 8 heteroatoms. The molecular weight excluding hydrogens is 390 g/mol. The number of piperidine rings is 1. The number of aromatic nitrogens is 5. The summed E-state index contributed by atoms with van der Waals surface area (Å²) in [6.45, 7) is 7.68. The van der Waals surface area contributed by atoms with Crippen molar-refractivity contribution < 1.29 is 0 Å². The molecule has 3 aromatic rings. The zero-order chi connectivity index (χ0) is 21.8. The molecular formula is C23H29N7O. The highest BCUT2D eigenvalue weighted by Crippen LogP contribution is 2.49. The molecule has 1 saturated heterocycles. The smallest absolute Gasteiger partial charge is 0.266 e. The van der Waals surface area contributed by atoms with Crippen LogP contribution in [0.3, 0.4) is 0 Å². The molecule has 1 aliphatic heterocycles. The van der Waals surface area contributed by atoms with Crippen LogP contribution in [0, 0.1) is 18.3 Å². The van der Waals surface area contributed by atoms with Gasteiger partial charge in [0.15, 0.2) is 5.65 Å². The number of hydrogen-bond donors (Lipinski definition) is 2. The highest BCUT2D eigenvalue weighted by atomic mass is 16.1. The Balaban J connectivity index is 1.48. The third kappa shape index (κ3) is 3.21. The van der Waals surface area contributed by atoms with E-state index < -0.39 is 0 Å². The van der Waals surface area contributed by atoms with E-state index >= 15 is 0 Å². The van der Waals surface area contributed by atoms with Gasteiger partial charge in [0.25, 0.3) is 5.56 Å². The van der Waals surface area contributed by atoms with Crippen LogP contribution in [0.4, 0.5) is 11.8 Å². The molecule has 3 aromatic heterocycles. The summed E-state index contributed by atoms with van der Waals surface area (Å²) in [5.74, 6) is 1.79. The van der Waals surface area contributed by atoms with E-state index in [2.05, 4.69) is 32.7 Å². The van der Waals surface area contributed by atoms with E-state index in [1.807, 2.05) is 13.0 Å². The van der Waals surface area contributed by atoms with Crippen molar-refractivity contribution in [1.82, 2.24) is 24.7 Å². The van der Waals surface area contributed by atoms with Crippen LogP contribution in [0.5, 0.6) is 0 Å². The molecule has 0 radical (unpaired) electrons. The number of nitrogens with zero attached hydrogens (tertiary/aromatic N) is 5. The van der Waals surface area contributed by atoms with Crippen LogP contribution in [-0.4, -0.2) is 37.8 Å². The van der Waals surface area contributed by atoms with Gasteiger partial charge in [0.05, 0.1) is 5.69 Å². The summed E-state index contributed by atoms with van der Waals surface area (Å²) in [5.41, 5.74) is 8.74. The van der Waals surface area contributed by atoms with Gasteiger partial charge in [-0.3, -0.25) is 14.5 Å². The lowest BCUT2D eigenvalue weighted by molar-refractivity contribution is 0.220. The minimum atomic E-state index is -0.104. The van der Waals surface area contributed by atoms with E-state index in [0.29, 0.717) is 39.8 Å². The number of aromatic amines is 1. The number of aryl methyl sites for hydroxylation is 1. The Kier molecular flexibility index (Phi) is 4.60. The minimum absolute atomic E-state index is 0.104. The van der Waals surface area contributed by atoms with Gasteiger partial charge in [-0.05, 0) is 62.5 Å². The molecule has 1 saturated carbocycles. The summed E-state index contributed by atoms with van der Waals surface area (Å²) >= 11 is 0. The first-order valence-corrected chi connectivity index (χ1v) is 11.0. The highest BCUT2D eigenvalue weighted by molar-refractivity contribution is 5.91. The van der Waals surface area contributed by atoms with Gasteiger partial charge >= 0.3 is 0 Å². The van der Waals surface area contributed by atoms with E-state index in [0.717, 1.165) is 37.2 Å². The zero-order valence-corrected chi connectivity index (χ0v) is 18.2. The van der Waals surface area contributed by atoms with Crippen LogP contribution < -0.4 is 16.2 Å². The molecule has 1 aliphatic carbocycles. The summed E-state index contributed by atoms with van der Waals surface area (Å²) in [4.78, 5) is 24.7. The Morgan fingerprint density at radius 1 is 1.26 bits per heavy atom. The third-order valence-corrected chi connectivity index (χ3v) is 7.33. The van der Waals surface area contributed by atoms with Crippen molar-refractivity contribution in [2.45, 2.75) is 39.0 Å². The molecule has 5 rings (SSSR count). The summed E-state index contributed by atoms with van der Waals surface area (Å²) in [7, 11) is 1.79. The number of hydrogen-bond acceptors (Lipinski definition) is 6. The Hall–Kier alpha value is -3.16. The molecule has 0 aromatic carbocycles. The average molecular weight is 420 g/mol. The number of nitrogens with one attached hydrogen (secondary N) is 1. The number of nitrogen functional groups attached to an aromatic ring is 1. The first kappa shape index (κ1) is 19.8. The average Bonchev–Trinajstić information content (AvgIpc) is 3.36. The highest BCUT2D eigenvalue weighted by Gasteiger charge is 2.41. The van der Waals surface area contributed by atoms with Crippen LogP contribution in [0.2, 0.25) is 0 Å². The SMILES string of the molecule is C=C[C@H]1CCC2(CCN(c3nc4n[nH]c(-c5ccc(N)nc5C)c4c(=O)n3C)CC2)C1. The number of H-pyrrole nitrogens is 1. The number of fused-ring (bicyclic) bond motifs is 1. The standard InChI is InChI=1S/C23H29N7O/c1-4-15-7-8-23(13-15)9-11-30(12-10-23)22-26-20-18(21(31)29(22)3)19(27-28-20)16-5-6-17(24)25-14(16)2/h4-6,15H,1,7-13H2,2-3H3,(H2,24,25)(H,27,28)/t15-/m0/s1. The molecule has 0 amide bonds. The molecule has 3 N–H and O–H groups in total. The molecule has 2 aliphatic rings. The Labute approximate surface area is 181 Å². The zero-order valence-electron chi connectivity index (χ0n) is 18.2. The molecule has 8 nitrogen and oxygen atoms in total. The molecule has 1 spiro atoms. The second-order valence-corrected chi connectivity index (χ2v) is 9.17. The van der Waals surface area contributed by atoms with Crippen molar-refractivity contribution in [1.29, 1.82) is 0 Å². The third-order valence-electron chi connectivity index (χ3n) is 7.33. The number of pyridine rings is 1. The van der Waals surface area contributed by atoms with Crippen LogP contribution in [-0.2, 0) is 7.05 Å². The Bertz CT molecular complexity index is 1220. The summed E-state index contributed by atoms with van der Waals surface area (Å²) < 4.78 is 1.65. The molecule has 162 valence electrons. The first-order chi connectivity index (χ1) is 14.9. The largest absolute Gasteiger partial charge is 0.384 e. The lowest BCUT2D eigenvalue weighted by atomic mass is 9.76. The summed E-state index contributed by atoms with van der Waals surface area (Å²) in [6, 6.07) is 3.59. The topological polar surface area (TPSA) is 106 Å². The lowest BCUT2D eigenvalue weighted by Crippen LogP contribution is -2.42. The predicted molar refractivity (Wildman–Crippen MR) is 123 cm³/mol. The van der Waals surface area contributed by atoms with Gasteiger partial charge in [0.1, 0.15) is 11.2 Å². The maximum absolute atomic E-state index is 13.3. The fourth-order valence-corrected chi connectivity index (χ4v) is 5.45. The van der Waals surface area contributed by atoms with E-state index in [1.54, 1.807) is 17.7 Å². The fraction of sp³-hybridized carbons (Fsp3) is 0.478. The van der Waals surface area contributed by atoms with Gasteiger partial charge in [-0.15, -0.1) is 6.58 Å². The van der Waals surface area contributed by atoms with Gasteiger partial charge < -0.3 is 10.6 Å². The first-order valence-electron chi connectivity index (χ1n) is 11.0. The van der Waals surface area contributed by atoms with Crippen LogP contribution in [0.25, 0.3) is 22.3 Å². The summed E-state index contributed by atoms with van der Waals surface area (Å²) in [6.07, 6.45) is 8.16. The minimum Gasteiger partial charge on any atom is -0.384 e. The number of allylic oxidation sites excluding steroid dienone is 1. The second kappa shape index (κ2) is 7.21. The maximum Gasteiger partial charge on any atom is 0.266 e. The summed E-state index contributed by atoms with van der Waals surface area (Å²) in [5, 5.41) is 7.85. The van der Waals surface area contributed by atoms with Gasteiger partial charge in [0, 0.05) is 31.4 Å². The number of nitrogens with two attached hydrogens (primary N) is 1. The van der Waals surface area contributed by atoms with Gasteiger partial charge in [-0.1, -0.05) is 6.08 Å². The van der Waals surface area contributed by atoms with Gasteiger partial charge in [0.2, 0.25) is 5.95 Å². The van der Waals surface area contributed by atoms with E-state index in [1.165, 1.54) is 19.3 Å². The van der Waals surface area contributed by atoms with Crippen molar-refractivity contribution in [3.63, 3.8) is 0 Å². The van der Waals surface area contributed by atoms with Crippen molar-refractivity contribution in [2.24, 2.45) is 18.4 Å². The second-order valence-electron chi connectivity index (χ2n) is 9.17. The van der Waals surface area contributed by atoms with Crippen molar-refractivity contribution >= 4 is 22.8 Å². The predicted octanol–water partition coefficient (Wildman–Crippen LogP) is 3.18. The van der Waals surface area contributed by atoms with Crippen molar-refractivity contribution in [2.75, 3.05) is 23.7 Å². The van der Waals surface area contributed by atoms with Crippen molar-refractivity contribution in [3.05, 3.63) is 40.8 Å². The molecule has 1 atom stereocenters. The number of anilines is 2. The Morgan fingerprint density at radius 3 is 2.71 bits per heavy atom. The molecule has 31 heavy (non-hydrogen) atoms. The van der Waals surface area contributed by atoms with Gasteiger partial charge in [-0.25, -0.2) is 4.98 Å². The van der Waals surface area contributed by atoms with Crippen molar-refractivity contribution in [3.8, 4) is 11.3 Å². The monoisotopic (exact) mass is 419 g/mol. The van der Waals surface area contributed by atoms with Gasteiger partial charge in [-0.2, -0.15) is 10.1 Å². The number of rotatable bonds is 3. The van der Waals surface area contributed by atoms with Crippen LogP contribution in [0.1, 0.15) is 37.8 Å². The molecule has 4 heterocycles. The van der Waals surface area contributed by atoms with Crippen LogP contribution >= 0.6 is 0 Å². The fourth-order valence-electron chi connectivity index (χ4n) is 5.45. The maximum atomic E-state index is 13.3. The normalized spacial score (nSPS) is 20.6. The van der Waals surface area contributed by atoms with E-state index in [4.69, 9.17) is 10.7 Å². The molecule has 0 bridgehead atoms. The lowest BCUT2D eigenvalue weighted by Gasteiger charge is -2.40. The van der Waals surface area contributed by atoms with Crippen LogP contribution in [0.15, 0.2) is 29.6 Å². The van der Waals surface area contributed by atoms with E-state index in [-0.39, 0.29) is 5.56 Å². The molecule has 2 fully saturated rings. The quantitative estimate of drug-likeness (QED) is 0.632.